The van der Waals surface area contributed by atoms with E-state index in [0.717, 1.165) is 32.5 Å². The number of nitrogens with two attached hydrogens (primary N) is 1. The summed E-state index contributed by atoms with van der Waals surface area (Å²) in [6, 6.07) is 8.59. The van der Waals surface area contributed by atoms with Gasteiger partial charge in [-0.15, -0.1) is 0 Å². The number of primary amides is 1. The van der Waals surface area contributed by atoms with Crippen molar-refractivity contribution in [3.8, 4) is 0 Å². The number of hydrogen-bond donors (Lipinski definition) is 2. The molecule has 1 amide bonds. The highest BCUT2D eigenvalue weighted by Gasteiger charge is 2.22. The molecule has 18 heavy (non-hydrogen) atoms. The fraction of sp³-hybridized carbons (Fsp3) is 0.500. The average Bonchev–Trinajstić information content (AvgIpc) is 2.40. The second-order valence-electron chi connectivity index (χ2n) is 4.86. The van der Waals surface area contributed by atoms with Crippen molar-refractivity contribution in [2.45, 2.75) is 19.4 Å². The fourth-order valence-electron chi connectivity index (χ4n) is 2.45. The summed E-state index contributed by atoms with van der Waals surface area (Å²) in [4.78, 5) is 13.4. The van der Waals surface area contributed by atoms with Gasteiger partial charge >= 0.3 is 0 Å². The Bertz CT molecular complexity index is 394. The maximum Gasteiger partial charge on any atom is 0.220 e. The zero-order chi connectivity index (χ0) is 13.0. The molecular weight excluding hydrogens is 226 g/mol. The first kappa shape index (κ1) is 12.9. The Morgan fingerprint density at radius 1 is 1.33 bits per heavy atom. The van der Waals surface area contributed by atoms with Crippen LogP contribution in [-0.4, -0.2) is 26.0 Å². The molecule has 1 aromatic carbocycles. The van der Waals surface area contributed by atoms with E-state index in [-0.39, 0.29) is 11.8 Å². The minimum Gasteiger partial charge on any atom is -0.371 e. The minimum absolute atomic E-state index is 0.0600. The molecule has 0 aliphatic carbocycles. The smallest absolute Gasteiger partial charge is 0.220 e. The molecule has 0 saturated carbocycles. The monoisotopic (exact) mass is 247 g/mol. The third-order valence-corrected chi connectivity index (χ3v) is 3.58. The number of nitrogens with one attached hydrogen (secondary N) is 1. The largest absolute Gasteiger partial charge is 0.371 e. The molecule has 1 fully saturated rings. The number of hydrogen-bond acceptors (Lipinski definition) is 3. The average molecular weight is 247 g/mol. The summed E-state index contributed by atoms with van der Waals surface area (Å²) in [6.07, 6.45) is 1.74. The Kier molecular flexibility index (Phi) is 4.20. The van der Waals surface area contributed by atoms with E-state index in [1.165, 1.54) is 11.3 Å². The Balaban J connectivity index is 1.95. The molecule has 3 N–H and O–H groups in total. The summed E-state index contributed by atoms with van der Waals surface area (Å²) in [5, 5.41) is 3.14. The number of benzene rings is 1. The summed E-state index contributed by atoms with van der Waals surface area (Å²) in [7, 11) is 1.95. The van der Waals surface area contributed by atoms with Gasteiger partial charge in [-0.05, 0) is 37.6 Å². The lowest BCUT2D eigenvalue weighted by Crippen LogP contribution is -2.38. The number of amides is 1. The van der Waals surface area contributed by atoms with Crippen molar-refractivity contribution < 1.29 is 4.79 Å². The molecule has 1 aliphatic heterocycles. The second-order valence-corrected chi connectivity index (χ2v) is 4.86. The summed E-state index contributed by atoms with van der Waals surface area (Å²) in [6.45, 7) is 2.72. The van der Waals surface area contributed by atoms with Crippen molar-refractivity contribution in [3.05, 3.63) is 29.8 Å². The molecule has 0 unspecified atom stereocenters. The van der Waals surface area contributed by atoms with Gasteiger partial charge in [0.25, 0.3) is 0 Å². The van der Waals surface area contributed by atoms with E-state index < -0.39 is 0 Å². The van der Waals surface area contributed by atoms with Crippen LogP contribution in [0.3, 0.4) is 0 Å². The lowest BCUT2D eigenvalue weighted by molar-refractivity contribution is -0.122. The van der Waals surface area contributed by atoms with Crippen LogP contribution >= 0.6 is 0 Å². The van der Waals surface area contributed by atoms with E-state index in [4.69, 9.17) is 5.73 Å². The zero-order valence-corrected chi connectivity index (χ0v) is 10.9. The van der Waals surface area contributed by atoms with Crippen LogP contribution in [0.2, 0.25) is 0 Å². The van der Waals surface area contributed by atoms with Gasteiger partial charge in [-0.25, -0.2) is 0 Å². The Labute approximate surface area is 108 Å². The quantitative estimate of drug-likeness (QED) is 0.838. The highest BCUT2D eigenvalue weighted by molar-refractivity contribution is 5.77. The van der Waals surface area contributed by atoms with Crippen LogP contribution in [-0.2, 0) is 11.3 Å². The summed E-state index contributed by atoms with van der Waals surface area (Å²) >= 11 is 0. The highest BCUT2D eigenvalue weighted by Crippen LogP contribution is 2.23. The molecule has 1 heterocycles. The van der Waals surface area contributed by atoms with Crippen LogP contribution in [0, 0.1) is 5.92 Å². The summed E-state index contributed by atoms with van der Waals surface area (Å²) in [5.74, 6) is -0.0937. The Hall–Kier alpha value is -1.55. The Morgan fingerprint density at radius 2 is 1.94 bits per heavy atom. The molecule has 1 aliphatic rings. The number of rotatable bonds is 4. The van der Waals surface area contributed by atoms with E-state index in [9.17, 15) is 4.79 Å². The van der Waals surface area contributed by atoms with Crippen molar-refractivity contribution >= 4 is 11.6 Å². The van der Waals surface area contributed by atoms with E-state index in [1.807, 2.05) is 7.05 Å². The molecule has 0 atom stereocenters. The van der Waals surface area contributed by atoms with Crippen LogP contribution in [0.25, 0.3) is 0 Å². The van der Waals surface area contributed by atoms with Crippen LogP contribution in [0.5, 0.6) is 0 Å². The number of carbonyl (C=O) groups excluding carboxylic acids is 1. The first-order chi connectivity index (χ1) is 8.70. The van der Waals surface area contributed by atoms with Crippen molar-refractivity contribution in [1.29, 1.82) is 0 Å². The van der Waals surface area contributed by atoms with Gasteiger partial charge < -0.3 is 16.0 Å². The minimum atomic E-state index is -0.154. The number of nitrogens with zero attached hydrogens (tertiary/aromatic N) is 1. The van der Waals surface area contributed by atoms with Gasteiger partial charge in [0.05, 0.1) is 0 Å². The third-order valence-electron chi connectivity index (χ3n) is 3.58. The highest BCUT2D eigenvalue weighted by atomic mass is 16.1. The predicted octanol–water partition coefficient (Wildman–Crippen LogP) is 1.11. The molecule has 4 heteroatoms. The molecule has 0 bridgehead atoms. The maximum absolute atomic E-state index is 11.1. The van der Waals surface area contributed by atoms with E-state index >= 15 is 0 Å². The number of piperidine rings is 1. The van der Waals surface area contributed by atoms with Crippen LogP contribution in [0.15, 0.2) is 24.3 Å². The lowest BCUT2D eigenvalue weighted by Gasteiger charge is -2.32. The SMILES string of the molecule is CNCc1ccc(N2CCC(C(N)=O)CC2)cc1. The second kappa shape index (κ2) is 5.87. The zero-order valence-electron chi connectivity index (χ0n) is 10.9. The third kappa shape index (κ3) is 3.01. The topological polar surface area (TPSA) is 58.4 Å². The van der Waals surface area contributed by atoms with Crippen LogP contribution in [0.4, 0.5) is 5.69 Å². The molecule has 2 rings (SSSR count). The van der Waals surface area contributed by atoms with Crippen molar-refractivity contribution in [3.63, 3.8) is 0 Å². The predicted molar refractivity (Wildman–Crippen MR) is 73.3 cm³/mol. The molecule has 0 aromatic heterocycles. The molecular formula is C14H21N3O. The van der Waals surface area contributed by atoms with E-state index in [2.05, 4.69) is 34.5 Å². The van der Waals surface area contributed by atoms with Gasteiger partial charge in [0.1, 0.15) is 0 Å². The van der Waals surface area contributed by atoms with Gasteiger partial charge in [-0.1, -0.05) is 12.1 Å². The maximum atomic E-state index is 11.1. The number of carbonyl (C=O) groups is 1. The Morgan fingerprint density at radius 3 is 2.44 bits per heavy atom. The van der Waals surface area contributed by atoms with Gasteiger partial charge in [-0.2, -0.15) is 0 Å². The molecule has 98 valence electrons. The van der Waals surface area contributed by atoms with E-state index in [1.54, 1.807) is 0 Å². The van der Waals surface area contributed by atoms with Crippen LogP contribution in [0.1, 0.15) is 18.4 Å². The van der Waals surface area contributed by atoms with Gasteiger partial charge in [0, 0.05) is 31.2 Å². The van der Waals surface area contributed by atoms with Crippen LogP contribution < -0.4 is 16.0 Å². The molecule has 0 radical (unpaired) electrons. The summed E-state index contributed by atoms with van der Waals surface area (Å²) < 4.78 is 0. The molecule has 1 saturated heterocycles. The molecule has 4 nitrogen and oxygen atoms in total. The van der Waals surface area contributed by atoms with Gasteiger partial charge in [-0.3, -0.25) is 4.79 Å². The van der Waals surface area contributed by atoms with Gasteiger partial charge in [0.2, 0.25) is 5.91 Å². The lowest BCUT2D eigenvalue weighted by atomic mass is 9.96. The molecule has 0 spiro atoms. The first-order valence-electron chi connectivity index (χ1n) is 6.48. The normalized spacial score (nSPS) is 16.8. The van der Waals surface area contributed by atoms with E-state index in [0.29, 0.717) is 0 Å². The molecule has 1 aromatic rings. The fourth-order valence-corrected chi connectivity index (χ4v) is 2.45. The van der Waals surface area contributed by atoms with Crippen molar-refractivity contribution in [2.24, 2.45) is 11.7 Å². The first-order valence-corrected chi connectivity index (χ1v) is 6.48. The van der Waals surface area contributed by atoms with Gasteiger partial charge in [0.15, 0.2) is 0 Å². The summed E-state index contributed by atoms with van der Waals surface area (Å²) in [5.41, 5.74) is 7.86. The standard InChI is InChI=1S/C14H21N3O/c1-16-10-11-2-4-13(5-3-11)17-8-6-12(7-9-17)14(15)18/h2-5,12,16H,6-10H2,1H3,(H2,15,18). The van der Waals surface area contributed by atoms with Crippen molar-refractivity contribution in [1.82, 2.24) is 5.32 Å². The van der Waals surface area contributed by atoms with Crippen molar-refractivity contribution in [2.75, 3.05) is 25.0 Å². The number of anilines is 1.